The zero-order valence-electron chi connectivity index (χ0n) is 15.7. The van der Waals surface area contributed by atoms with Gasteiger partial charge in [0, 0.05) is 11.3 Å². The molecule has 2 heterocycles. The van der Waals surface area contributed by atoms with Gasteiger partial charge in [-0.15, -0.1) is 0 Å². The molecule has 0 amide bonds. The molecule has 0 unspecified atom stereocenters. The first kappa shape index (κ1) is 18.5. The second-order valence-electron chi connectivity index (χ2n) is 7.13. The molecule has 138 valence electrons. The summed E-state index contributed by atoms with van der Waals surface area (Å²) in [5.41, 5.74) is 4.08. The van der Waals surface area contributed by atoms with Gasteiger partial charge >= 0.3 is 5.97 Å². The SMILES string of the molecule is Cc1cccc([C@@H]2CCC[C@H](CCc3nc(C)nc(C(=O)O)c3C)O2)c1. The number of carboxylic acids is 1. The Labute approximate surface area is 154 Å². The summed E-state index contributed by atoms with van der Waals surface area (Å²) in [4.78, 5) is 19.8. The van der Waals surface area contributed by atoms with Gasteiger partial charge in [-0.2, -0.15) is 0 Å². The molecule has 2 atom stereocenters. The van der Waals surface area contributed by atoms with E-state index in [9.17, 15) is 9.90 Å². The summed E-state index contributed by atoms with van der Waals surface area (Å²) < 4.78 is 6.34. The average molecular weight is 354 g/mol. The van der Waals surface area contributed by atoms with E-state index in [-0.39, 0.29) is 17.9 Å². The van der Waals surface area contributed by atoms with Crippen molar-refractivity contribution in [2.24, 2.45) is 0 Å². The van der Waals surface area contributed by atoms with E-state index < -0.39 is 5.97 Å². The zero-order valence-corrected chi connectivity index (χ0v) is 15.7. The number of aromatic nitrogens is 2. The van der Waals surface area contributed by atoms with Crippen molar-refractivity contribution >= 4 is 5.97 Å². The number of carbonyl (C=O) groups is 1. The van der Waals surface area contributed by atoms with Crippen molar-refractivity contribution in [1.82, 2.24) is 9.97 Å². The Morgan fingerprint density at radius 1 is 1.23 bits per heavy atom. The Kier molecular flexibility index (Phi) is 5.67. The van der Waals surface area contributed by atoms with Crippen LogP contribution in [0.3, 0.4) is 0 Å². The largest absolute Gasteiger partial charge is 0.477 e. The van der Waals surface area contributed by atoms with Gasteiger partial charge in [0.05, 0.1) is 12.2 Å². The summed E-state index contributed by atoms with van der Waals surface area (Å²) in [7, 11) is 0. The van der Waals surface area contributed by atoms with Gasteiger partial charge in [0.25, 0.3) is 0 Å². The number of benzene rings is 1. The normalized spacial score (nSPS) is 20.1. The number of aryl methyl sites for hydroxylation is 3. The molecule has 0 saturated carbocycles. The van der Waals surface area contributed by atoms with Crippen LogP contribution in [0.2, 0.25) is 0 Å². The fourth-order valence-electron chi connectivity index (χ4n) is 3.66. The Hall–Kier alpha value is -2.27. The molecular formula is C21H26N2O3. The fraction of sp³-hybridized carbons (Fsp3) is 0.476. The lowest BCUT2D eigenvalue weighted by molar-refractivity contribution is -0.0547. The van der Waals surface area contributed by atoms with Crippen LogP contribution in [0.4, 0.5) is 0 Å². The first-order valence-corrected chi connectivity index (χ1v) is 9.23. The van der Waals surface area contributed by atoms with E-state index in [1.165, 1.54) is 11.1 Å². The van der Waals surface area contributed by atoms with Crippen molar-refractivity contribution < 1.29 is 14.6 Å². The van der Waals surface area contributed by atoms with E-state index in [4.69, 9.17) is 4.74 Å². The number of hydrogen-bond acceptors (Lipinski definition) is 4. The molecule has 1 aromatic heterocycles. The quantitative estimate of drug-likeness (QED) is 0.864. The smallest absolute Gasteiger partial charge is 0.354 e. The molecule has 0 radical (unpaired) electrons. The van der Waals surface area contributed by atoms with Gasteiger partial charge < -0.3 is 9.84 Å². The fourth-order valence-corrected chi connectivity index (χ4v) is 3.66. The standard InChI is InChI=1S/C21H26N2O3/c1-13-6-4-7-16(12-13)19-9-5-8-17(26-19)10-11-18-14(2)20(21(24)25)23-15(3)22-18/h4,6-7,12,17,19H,5,8-11H2,1-3H3,(H,24,25)/t17-,19+/m1/s1. The van der Waals surface area contributed by atoms with Crippen molar-refractivity contribution in [3.05, 3.63) is 58.2 Å². The summed E-state index contributed by atoms with van der Waals surface area (Å²) in [5.74, 6) is -0.493. The highest BCUT2D eigenvalue weighted by Crippen LogP contribution is 2.33. The first-order chi connectivity index (χ1) is 12.4. The third-order valence-electron chi connectivity index (χ3n) is 5.03. The van der Waals surface area contributed by atoms with Crippen molar-refractivity contribution in [3.63, 3.8) is 0 Å². The second kappa shape index (κ2) is 7.96. The minimum Gasteiger partial charge on any atom is -0.477 e. The number of hydrogen-bond donors (Lipinski definition) is 1. The van der Waals surface area contributed by atoms with Crippen LogP contribution >= 0.6 is 0 Å². The minimum atomic E-state index is -0.998. The van der Waals surface area contributed by atoms with Crippen LogP contribution in [0.25, 0.3) is 0 Å². The van der Waals surface area contributed by atoms with Gasteiger partial charge in [-0.25, -0.2) is 14.8 Å². The molecule has 1 aliphatic heterocycles. The number of ether oxygens (including phenoxy) is 1. The van der Waals surface area contributed by atoms with Gasteiger partial charge in [0.2, 0.25) is 0 Å². The minimum absolute atomic E-state index is 0.106. The summed E-state index contributed by atoms with van der Waals surface area (Å²) in [6.07, 6.45) is 5.12. The molecule has 26 heavy (non-hydrogen) atoms. The van der Waals surface area contributed by atoms with Crippen LogP contribution in [0.15, 0.2) is 24.3 Å². The summed E-state index contributed by atoms with van der Waals surface area (Å²) in [6.45, 7) is 5.62. The third-order valence-corrected chi connectivity index (χ3v) is 5.03. The van der Waals surface area contributed by atoms with E-state index in [0.717, 1.165) is 31.4 Å². The number of nitrogens with zero attached hydrogens (tertiary/aromatic N) is 2. The van der Waals surface area contributed by atoms with Crippen LogP contribution in [-0.2, 0) is 11.2 Å². The monoisotopic (exact) mass is 354 g/mol. The van der Waals surface area contributed by atoms with E-state index in [1.807, 2.05) is 0 Å². The molecule has 0 bridgehead atoms. The molecule has 5 heteroatoms. The molecular weight excluding hydrogens is 328 g/mol. The molecule has 1 aromatic carbocycles. The van der Waals surface area contributed by atoms with Crippen molar-refractivity contribution in [1.29, 1.82) is 0 Å². The Morgan fingerprint density at radius 3 is 2.77 bits per heavy atom. The Balaban J connectivity index is 1.67. The highest BCUT2D eigenvalue weighted by Gasteiger charge is 2.24. The molecule has 1 N–H and O–H groups in total. The van der Waals surface area contributed by atoms with Gasteiger partial charge in [0.15, 0.2) is 5.69 Å². The lowest BCUT2D eigenvalue weighted by Gasteiger charge is -2.30. The van der Waals surface area contributed by atoms with Gasteiger partial charge in [-0.3, -0.25) is 0 Å². The van der Waals surface area contributed by atoms with E-state index >= 15 is 0 Å². The zero-order chi connectivity index (χ0) is 18.7. The molecule has 0 spiro atoms. The summed E-state index contributed by atoms with van der Waals surface area (Å²) >= 11 is 0. The highest BCUT2D eigenvalue weighted by molar-refractivity contribution is 5.87. The maximum Gasteiger partial charge on any atom is 0.354 e. The van der Waals surface area contributed by atoms with Crippen molar-refractivity contribution in [2.75, 3.05) is 0 Å². The molecule has 1 aliphatic rings. The van der Waals surface area contributed by atoms with Crippen LogP contribution < -0.4 is 0 Å². The van der Waals surface area contributed by atoms with Crippen LogP contribution in [0.1, 0.15) is 70.5 Å². The van der Waals surface area contributed by atoms with Gasteiger partial charge in [-0.1, -0.05) is 29.8 Å². The highest BCUT2D eigenvalue weighted by atomic mass is 16.5. The lowest BCUT2D eigenvalue weighted by atomic mass is 9.95. The number of carboxylic acid groups (broad SMARTS) is 1. The van der Waals surface area contributed by atoms with E-state index in [1.54, 1.807) is 13.8 Å². The summed E-state index contributed by atoms with van der Waals surface area (Å²) in [6, 6.07) is 8.52. The van der Waals surface area contributed by atoms with Crippen LogP contribution in [0, 0.1) is 20.8 Å². The third kappa shape index (κ3) is 4.28. The lowest BCUT2D eigenvalue weighted by Crippen LogP contribution is -2.23. The van der Waals surface area contributed by atoms with E-state index in [0.29, 0.717) is 17.8 Å². The van der Waals surface area contributed by atoms with Crippen LogP contribution in [-0.4, -0.2) is 27.1 Å². The van der Waals surface area contributed by atoms with Crippen molar-refractivity contribution in [2.45, 2.75) is 65.1 Å². The summed E-state index contributed by atoms with van der Waals surface area (Å²) in [5, 5.41) is 9.30. The molecule has 3 rings (SSSR count). The number of aromatic carboxylic acids is 1. The van der Waals surface area contributed by atoms with E-state index in [2.05, 4.69) is 41.2 Å². The Bertz CT molecular complexity index is 804. The molecule has 2 aromatic rings. The van der Waals surface area contributed by atoms with Gasteiger partial charge in [0.1, 0.15) is 5.82 Å². The van der Waals surface area contributed by atoms with Crippen molar-refractivity contribution in [3.8, 4) is 0 Å². The molecule has 5 nitrogen and oxygen atoms in total. The first-order valence-electron chi connectivity index (χ1n) is 9.23. The molecule has 0 aliphatic carbocycles. The maximum atomic E-state index is 11.3. The topological polar surface area (TPSA) is 72.3 Å². The Morgan fingerprint density at radius 2 is 2.04 bits per heavy atom. The van der Waals surface area contributed by atoms with Gasteiger partial charge in [-0.05, 0) is 58.4 Å². The number of rotatable bonds is 5. The van der Waals surface area contributed by atoms with Crippen LogP contribution in [0.5, 0.6) is 0 Å². The second-order valence-corrected chi connectivity index (χ2v) is 7.13. The molecule has 1 saturated heterocycles. The molecule has 1 fully saturated rings. The average Bonchev–Trinajstić information content (AvgIpc) is 2.62. The predicted octanol–water partition coefficient (Wildman–Crippen LogP) is 4.34. The predicted molar refractivity (Wildman–Crippen MR) is 99.4 cm³/mol. The maximum absolute atomic E-state index is 11.3.